The van der Waals surface area contributed by atoms with E-state index in [1.807, 2.05) is 0 Å². The number of nitrogens with zero attached hydrogens (tertiary/aromatic N) is 2. The number of rotatable bonds is 6. The first-order chi connectivity index (χ1) is 9.44. The Morgan fingerprint density at radius 3 is 2.65 bits per heavy atom. The van der Waals surface area contributed by atoms with Gasteiger partial charge in [0.05, 0.1) is 33.2 Å². The van der Waals surface area contributed by atoms with Crippen LogP contribution in [-0.4, -0.2) is 35.2 Å². The zero-order valence-corrected chi connectivity index (χ0v) is 13.8. The van der Waals surface area contributed by atoms with E-state index >= 15 is 0 Å². The molecule has 0 fully saturated rings. The Hall–Kier alpha value is -0.630. The van der Waals surface area contributed by atoms with Gasteiger partial charge in [0.15, 0.2) is 0 Å². The molecule has 0 saturated heterocycles. The predicted molar refractivity (Wildman–Crippen MR) is 84.9 cm³/mol. The summed E-state index contributed by atoms with van der Waals surface area (Å²) in [6, 6.07) is 1.61. The first-order valence-electron chi connectivity index (χ1n) is 5.99. The molecule has 0 aliphatic carbocycles. The molecule has 1 heterocycles. The first-order valence-corrected chi connectivity index (χ1v) is 9.30. The Labute approximate surface area is 131 Å². The molecule has 0 radical (unpaired) electrons. The highest BCUT2D eigenvalue weighted by Crippen LogP contribution is 2.35. The number of halogens is 2. The minimum absolute atomic E-state index is 0.153. The van der Waals surface area contributed by atoms with E-state index in [-0.39, 0.29) is 11.5 Å². The van der Waals surface area contributed by atoms with Gasteiger partial charge in [0.2, 0.25) is 0 Å². The molecule has 110 valence electrons. The van der Waals surface area contributed by atoms with Crippen molar-refractivity contribution in [1.82, 2.24) is 8.75 Å². The number of benzene rings is 1. The third-order valence-electron chi connectivity index (χ3n) is 2.82. The Bertz CT molecular complexity index is 716. The second kappa shape index (κ2) is 6.43. The van der Waals surface area contributed by atoms with Crippen LogP contribution < -0.4 is 5.32 Å². The maximum atomic E-state index is 11.4. The SMILES string of the molecule is CCS(=O)(=O)CCCNc1c(Cl)cc(Cl)c2nsnc12. The van der Waals surface area contributed by atoms with Crippen molar-refractivity contribution in [2.45, 2.75) is 13.3 Å². The predicted octanol–water partition coefficient (Wildman–Crippen LogP) is 3.23. The van der Waals surface area contributed by atoms with Crippen LogP contribution in [0.15, 0.2) is 6.07 Å². The number of hydrogen-bond acceptors (Lipinski definition) is 6. The molecule has 0 unspecified atom stereocenters. The van der Waals surface area contributed by atoms with Crippen molar-refractivity contribution in [1.29, 1.82) is 0 Å². The van der Waals surface area contributed by atoms with Gasteiger partial charge < -0.3 is 5.32 Å². The highest BCUT2D eigenvalue weighted by Gasteiger charge is 2.14. The van der Waals surface area contributed by atoms with E-state index in [1.54, 1.807) is 13.0 Å². The Morgan fingerprint density at radius 2 is 1.95 bits per heavy atom. The van der Waals surface area contributed by atoms with Gasteiger partial charge in [-0.1, -0.05) is 30.1 Å². The topological polar surface area (TPSA) is 72.0 Å². The molecule has 2 rings (SSSR count). The van der Waals surface area contributed by atoms with E-state index in [0.29, 0.717) is 39.7 Å². The van der Waals surface area contributed by atoms with Crippen LogP contribution in [-0.2, 0) is 9.84 Å². The van der Waals surface area contributed by atoms with E-state index in [1.165, 1.54) is 0 Å². The fourth-order valence-electron chi connectivity index (χ4n) is 1.69. The Balaban J connectivity index is 2.09. The van der Waals surface area contributed by atoms with Gasteiger partial charge in [0.1, 0.15) is 20.9 Å². The van der Waals surface area contributed by atoms with Gasteiger partial charge >= 0.3 is 0 Å². The highest BCUT2D eigenvalue weighted by atomic mass is 35.5. The van der Waals surface area contributed by atoms with Gasteiger partial charge in [0, 0.05) is 12.3 Å². The van der Waals surface area contributed by atoms with Crippen LogP contribution in [0.2, 0.25) is 10.0 Å². The van der Waals surface area contributed by atoms with Crippen LogP contribution in [0, 0.1) is 0 Å². The molecule has 1 aromatic carbocycles. The molecule has 0 spiro atoms. The minimum Gasteiger partial charge on any atom is -0.382 e. The van der Waals surface area contributed by atoms with Crippen molar-refractivity contribution in [3.8, 4) is 0 Å². The van der Waals surface area contributed by atoms with E-state index in [9.17, 15) is 8.42 Å². The number of fused-ring (bicyclic) bond motifs is 1. The van der Waals surface area contributed by atoms with Gasteiger partial charge in [-0.25, -0.2) is 8.42 Å². The summed E-state index contributed by atoms with van der Waals surface area (Å²) in [6.07, 6.45) is 0.508. The van der Waals surface area contributed by atoms with Crippen LogP contribution in [0.5, 0.6) is 0 Å². The van der Waals surface area contributed by atoms with Crippen molar-refractivity contribution >= 4 is 61.5 Å². The third-order valence-corrected chi connectivity index (χ3v) is 5.72. The largest absolute Gasteiger partial charge is 0.382 e. The monoisotopic (exact) mass is 353 g/mol. The van der Waals surface area contributed by atoms with Crippen molar-refractivity contribution in [2.75, 3.05) is 23.4 Å². The zero-order chi connectivity index (χ0) is 14.8. The van der Waals surface area contributed by atoms with Crippen molar-refractivity contribution in [2.24, 2.45) is 0 Å². The second-order valence-electron chi connectivity index (χ2n) is 4.19. The van der Waals surface area contributed by atoms with Crippen molar-refractivity contribution in [3.05, 3.63) is 16.1 Å². The van der Waals surface area contributed by atoms with E-state index in [4.69, 9.17) is 23.2 Å². The number of aromatic nitrogens is 2. The highest BCUT2D eigenvalue weighted by molar-refractivity contribution is 7.91. The van der Waals surface area contributed by atoms with Crippen molar-refractivity contribution in [3.63, 3.8) is 0 Å². The van der Waals surface area contributed by atoms with Crippen LogP contribution in [0.3, 0.4) is 0 Å². The fraction of sp³-hybridized carbons (Fsp3) is 0.455. The van der Waals surface area contributed by atoms with E-state index in [2.05, 4.69) is 14.1 Å². The standard InChI is InChI=1S/C11H13Cl2N3O2S2/c1-2-20(17,18)5-3-4-14-9-7(12)6-8(13)10-11(9)16-19-15-10/h6,14H,2-5H2,1H3. The summed E-state index contributed by atoms with van der Waals surface area (Å²) >= 11 is 13.2. The molecule has 9 heteroatoms. The lowest BCUT2D eigenvalue weighted by Crippen LogP contribution is -2.13. The summed E-state index contributed by atoms with van der Waals surface area (Å²) < 4.78 is 31.1. The molecule has 0 amide bonds. The van der Waals surface area contributed by atoms with Gasteiger partial charge in [-0.05, 0) is 12.5 Å². The van der Waals surface area contributed by atoms with Crippen LogP contribution >= 0.6 is 34.9 Å². The molecule has 1 N–H and O–H groups in total. The Kier molecular flexibility index (Phi) is 5.06. The van der Waals surface area contributed by atoms with Crippen molar-refractivity contribution < 1.29 is 8.42 Å². The molecular weight excluding hydrogens is 341 g/mol. The quantitative estimate of drug-likeness (QED) is 0.807. The zero-order valence-electron chi connectivity index (χ0n) is 10.7. The first kappa shape index (κ1) is 15.8. The minimum atomic E-state index is -2.94. The molecule has 20 heavy (non-hydrogen) atoms. The van der Waals surface area contributed by atoms with E-state index in [0.717, 1.165) is 11.7 Å². The summed E-state index contributed by atoms with van der Waals surface area (Å²) in [5.74, 6) is 0.315. The van der Waals surface area contributed by atoms with Gasteiger partial charge in [-0.3, -0.25) is 0 Å². The smallest absolute Gasteiger partial charge is 0.150 e. The molecule has 0 aliphatic rings. The maximum absolute atomic E-state index is 11.4. The molecule has 0 aliphatic heterocycles. The number of nitrogens with one attached hydrogen (secondary N) is 1. The van der Waals surface area contributed by atoms with E-state index < -0.39 is 9.84 Å². The van der Waals surface area contributed by atoms with Crippen LogP contribution in [0.25, 0.3) is 11.0 Å². The third kappa shape index (κ3) is 3.52. The van der Waals surface area contributed by atoms with Crippen LogP contribution in [0.4, 0.5) is 5.69 Å². The lowest BCUT2D eigenvalue weighted by atomic mass is 10.2. The lowest BCUT2D eigenvalue weighted by Gasteiger charge is -2.09. The molecule has 5 nitrogen and oxygen atoms in total. The molecule has 0 atom stereocenters. The van der Waals surface area contributed by atoms with Gasteiger partial charge in [0.25, 0.3) is 0 Å². The number of hydrogen-bond donors (Lipinski definition) is 1. The molecule has 1 aromatic heterocycles. The van der Waals surface area contributed by atoms with Gasteiger partial charge in [-0.15, -0.1) is 0 Å². The second-order valence-corrected chi connectivity index (χ2v) is 8.01. The number of sulfone groups is 1. The average Bonchev–Trinajstić information content (AvgIpc) is 2.87. The Morgan fingerprint density at radius 1 is 1.25 bits per heavy atom. The molecule has 0 saturated carbocycles. The summed E-state index contributed by atoms with van der Waals surface area (Å²) in [4.78, 5) is 0. The fourth-order valence-corrected chi connectivity index (χ4v) is 3.74. The summed E-state index contributed by atoms with van der Waals surface area (Å²) in [6.45, 7) is 2.14. The summed E-state index contributed by atoms with van der Waals surface area (Å²) in [7, 11) is -2.94. The molecular formula is C11H13Cl2N3O2S2. The van der Waals surface area contributed by atoms with Gasteiger partial charge in [-0.2, -0.15) is 8.75 Å². The molecule has 0 bridgehead atoms. The maximum Gasteiger partial charge on any atom is 0.150 e. The average molecular weight is 354 g/mol. The summed E-state index contributed by atoms with van der Waals surface area (Å²) in [5.41, 5.74) is 1.87. The number of anilines is 1. The van der Waals surface area contributed by atoms with Crippen LogP contribution in [0.1, 0.15) is 13.3 Å². The molecule has 2 aromatic rings. The lowest BCUT2D eigenvalue weighted by molar-refractivity contribution is 0.595. The summed E-state index contributed by atoms with van der Waals surface area (Å²) in [5, 5.41) is 4.02. The normalized spacial score (nSPS) is 11.9.